The molecule has 1 atom stereocenters. The number of hydrogen-bond donors (Lipinski definition) is 1. The monoisotopic (exact) mass is 369 g/mol. The van der Waals surface area contributed by atoms with Crippen LogP contribution in [0.4, 0.5) is 4.39 Å². The van der Waals surface area contributed by atoms with E-state index < -0.39 is 0 Å². The summed E-state index contributed by atoms with van der Waals surface area (Å²) in [5, 5.41) is 0. The van der Waals surface area contributed by atoms with Gasteiger partial charge in [-0.05, 0) is 48.4 Å². The Hall–Kier alpha value is -1.04. The fourth-order valence-corrected chi connectivity index (χ4v) is 3.31. The summed E-state index contributed by atoms with van der Waals surface area (Å²) in [5.74, 6) is 1.34. The van der Waals surface area contributed by atoms with Gasteiger partial charge in [-0.1, -0.05) is 22.0 Å². The van der Waals surface area contributed by atoms with E-state index in [2.05, 4.69) is 15.9 Å². The first kappa shape index (κ1) is 16.3. The smallest absolute Gasteiger partial charge is 0.124 e. The van der Waals surface area contributed by atoms with Gasteiger partial charge in [0.1, 0.15) is 11.6 Å². The van der Waals surface area contributed by atoms with Gasteiger partial charge in [-0.25, -0.2) is 4.39 Å². The number of ether oxygens (including phenoxy) is 1. The first-order chi connectivity index (χ1) is 10.1. The lowest BCUT2D eigenvalue weighted by Crippen LogP contribution is -2.25. The summed E-state index contributed by atoms with van der Waals surface area (Å²) in [4.78, 5) is 0.895. The molecule has 0 saturated carbocycles. The van der Waals surface area contributed by atoms with Gasteiger partial charge in [0.05, 0.1) is 7.11 Å². The fourth-order valence-electron chi connectivity index (χ4n) is 2.01. The van der Waals surface area contributed by atoms with Crippen LogP contribution in [0.5, 0.6) is 5.75 Å². The van der Waals surface area contributed by atoms with Crippen LogP contribution >= 0.6 is 27.7 Å². The Balaban J connectivity index is 1.95. The van der Waals surface area contributed by atoms with Crippen molar-refractivity contribution >= 4 is 27.7 Å². The van der Waals surface area contributed by atoms with Gasteiger partial charge in [0, 0.05) is 21.2 Å². The number of nitrogens with two attached hydrogens (primary N) is 1. The molecule has 2 N–H and O–H groups in total. The lowest BCUT2D eigenvalue weighted by molar-refractivity contribution is 0.408. The molecular formula is C16H17BrFNOS. The van der Waals surface area contributed by atoms with E-state index in [-0.39, 0.29) is 11.9 Å². The molecule has 0 heterocycles. The molecule has 0 aliphatic heterocycles. The molecule has 0 fully saturated rings. The third-order valence-electron chi connectivity index (χ3n) is 2.98. The Labute approximate surface area is 137 Å². The molecule has 0 aliphatic carbocycles. The molecule has 5 heteroatoms. The first-order valence-electron chi connectivity index (χ1n) is 6.55. The van der Waals surface area contributed by atoms with Crippen LogP contribution in [-0.4, -0.2) is 18.9 Å². The Morgan fingerprint density at radius 1 is 1.29 bits per heavy atom. The molecule has 21 heavy (non-hydrogen) atoms. The van der Waals surface area contributed by atoms with Crippen molar-refractivity contribution in [1.82, 2.24) is 0 Å². The molecule has 0 radical (unpaired) electrons. The minimum absolute atomic E-state index is 0.0264. The molecule has 112 valence electrons. The Bertz CT molecular complexity index is 609. The maximum absolute atomic E-state index is 13.1. The Morgan fingerprint density at radius 2 is 2.10 bits per heavy atom. The fraction of sp³-hybridized carbons (Fsp3) is 0.250. The van der Waals surface area contributed by atoms with Crippen molar-refractivity contribution in [3.63, 3.8) is 0 Å². The molecule has 2 aromatic rings. The van der Waals surface area contributed by atoms with Crippen molar-refractivity contribution in [2.75, 3.05) is 12.9 Å². The summed E-state index contributed by atoms with van der Waals surface area (Å²) in [6.45, 7) is 0. The van der Waals surface area contributed by atoms with E-state index in [4.69, 9.17) is 10.5 Å². The average Bonchev–Trinajstić information content (AvgIpc) is 2.45. The molecule has 0 saturated heterocycles. The highest BCUT2D eigenvalue weighted by atomic mass is 79.9. The van der Waals surface area contributed by atoms with Crippen molar-refractivity contribution in [1.29, 1.82) is 0 Å². The van der Waals surface area contributed by atoms with Crippen LogP contribution < -0.4 is 10.5 Å². The Kier molecular flexibility index (Phi) is 6.08. The van der Waals surface area contributed by atoms with Crippen LogP contribution in [0.2, 0.25) is 0 Å². The van der Waals surface area contributed by atoms with E-state index in [1.165, 1.54) is 12.1 Å². The van der Waals surface area contributed by atoms with Crippen LogP contribution in [0.25, 0.3) is 0 Å². The lowest BCUT2D eigenvalue weighted by atomic mass is 10.1. The molecule has 2 rings (SSSR count). The van der Waals surface area contributed by atoms with Crippen molar-refractivity contribution in [2.24, 2.45) is 5.73 Å². The standard InChI is InChI=1S/C16H17BrFNOS/c1-20-16-6-5-12(17)7-11(16)8-14(19)10-21-15-4-2-3-13(18)9-15/h2-7,9,14H,8,10,19H2,1H3. The third kappa shape index (κ3) is 5.02. The zero-order chi connectivity index (χ0) is 15.2. The number of benzene rings is 2. The van der Waals surface area contributed by atoms with E-state index in [0.29, 0.717) is 6.42 Å². The first-order valence-corrected chi connectivity index (χ1v) is 8.32. The molecule has 0 aromatic heterocycles. The van der Waals surface area contributed by atoms with Crippen LogP contribution in [-0.2, 0) is 6.42 Å². The minimum atomic E-state index is -0.220. The van der Waals surface area contributed by atoms with Gasteiger partial charge in [0.25, 0.3) is 0 Å². The number of rotatable bonds is 6. The molecule has 2 nitrogen and oxygen atoms in total. The van der Waals surface area contributed by atoms with Gasteiger partial charge in [-0.15, -0.1) is 11.8 Å². The average molecular weight is 370 g/mol. The van der Waals surface area contributed by atoms with Gasteiger partial charge in [0.2, 0.25) is 0 Å². The van der Waals surface area contributed by atoms with E-state index in [9.17, 15) is 4.39 Å². The molecule has 0 bridgehead atoms. The third-order valence-corrected chi connectivity index (χ3v) is 4.66. The van der Waals surface area contributed by atoms with E-state index in [0.717, 1.165) is 26.4 Å². The highest BCUT2D eigenvalue weighted by Crippen LogP contribution is 2.25. The van der Waals surface area contributed by atoms with Crippen molar-refractivity contribution in [3.8, 4) is 5.75 Å². The van der Waals surface area contributed by atoms with Crippen LogP contribution in [0.3, 0.4) is 0 Å². The van der Waals surface area contributed by atoms with Crippen molar-refractivity contribution in [2.45, 2.75) is 17.4 Å². The van der Waals surface area contributed by atoms with Gasteiger partial charge in [-0.2, -0.15) is 0 Å². The molecule has 0 aliphatic rings. The van der Waals surface area contributed by atoms with Crippen LogP contribution in [0.1, 0.15) is 5.56 Å². The highest BCUT2D eigenvalue weighted by Gasteiger charge is 2.10. The van der Waals surface area contributed by atoms with Gasteiger partial charge in [-0.3, -0.25) is 0 Å². The van der Waals surface area contributed by atoms with Crippen LogP contribution in [0, 0.1) is 5.82 Å². The number of hydrogen-bond acceptors (Lipinski definition) is 3. The predicted octanol–water partition coefficient (Wildman–Crippen LogP) is 4.26. The predicted molar refractivity (Wildman–Crippen MR) is 89.5 cm³/mol. The molecule has 0 amide bonds. The normalized spacial score (nSPS) is 12.2. The summed E-state index contributed by atoms with van der Waals surface area (Å²) >= 11 is 5.02. The van der Waals surface area contributed by atoms with Crippen LogP contribution in [0.15, 0.2) is 51.8 Å². The van der Waals surface area contributed by atoms with E-state index >= 15 is 0 Å². The zero-order valence-electron chi connectivity index (χ0n) is 11.7. The molecular weight excluding hydrogens is 353 g/mol. The van der Waals surface area contributed by atoms with E-state index in [1.807, 2.05) is 24.3 Å². The van der Waals surface area contributed by atoms with Crippen molar-refractivity contribution < 1.29 is 9.13 Å². The Morgan fingerprint density at radius 3 is 2.81 bits per heavy atom. The number of halogens is 2. The summed E-state index contributed by atoms with van der Waals surface area (Å²) in [5.41, 5.74) is 7.25. The second-order valence-corrected chi connectivity index (χ2v) is 6.70. The van der Waals surface area contributed by atoms with E-state index in [1.54, 1.807) is 24.9 Å². The number of methoxy groups -OCH3 is 1. The highest BCUT2D eigenvalue weighted by molar-refractivity contribution is 9.10. The zero-order valence-corrected chi connectivity index (χ0v) is 14.1. The second-order valence-electron chi connectivity index (χ2n) is 4.69. The topological polar surface area (TPSA) is 35.2 Å². The molecule has 2 aromatic carbocycles. The largest absolute Gasteiger partial charge is 0.496 e. The SMILES string of the molecule is COc1ccc(Br)cc1CC(N)CSc1cccc(F)c1. The lowest BCUT2D eigenvalue weighted by Gasteiger charge is -2.14. The maximum Gasteiger partial charge on any atom is 0.124 e. The van der Waals surface area contributed by atoms with Gasteiger partial charge in [0.15, 0.2) is 0 Å². The molecule has 0 spiro atoms. The summed E-state index contributed by atoms with van der Waals surface area (Å²) < 4.78 is 19.5. The van der Waals surface area contributed by atoms with Gasteiger partial charge < -0.3 is 10.5 Å². The summed E-state index contributed by atoms with van der Waals surface area (Å²) in [6, 6.07) is 12.4. The minimum Gasteiger partial charge on any atom is -0.496 e. The summed E-state index contributed by atoms with van der Waals surface area (Å²) in [6.07, 6.45) is 0.713. The second kappa shape index (κ2) is 7.82. The quantitative estimate of drug-likeness (QED) is 0.772. The van der Waals surface area contributed by atoms with Crippen molar-refractivity contribution in [3.05, 3.63) is 58.3 Å². The van der Waals surface area contributed by atoms with Gasteiger partial charge >= 0.3 is 0 Å². The maximum atomic E-state index is 13.1. The molecule has 1 unspecified atom stereocenters. The summed E-state index contributed by atoms with van der Waals surface area (Å²) in [7, 11) is 1.65. The number of thioether (sulfide) groups is 1.